The van der Waals surface area contributed by atoms with Gasteiger partial charge in [0, 0.05) is 25.4 Å². The fourth-order valence-electron chi connectivity index (χ4n) is 2.35. The van der Waals surface area contributed by atoms with Crippen LogP contribution in [0.1, 0.15) is 51.2 Å². The first-order chi connectivity index (χ1) is 9.13. The second kappa shape index (κ2) is 6.33. The monoisotopic (exact) mass is 263 g/mol. The molecule has 1 N–H and O–H groups in total. The van der Waals surface area contributed by atoms with Gasteiger partial charge in [-0.05, 0) is 38.0 Å². The molecule has 106 valence electrons. The highest BCUT2D eigenvalue weighted by Gasteiger charge is 2.34. The maximum absolute atomic E-state index is 5.60. The van der Waals surface area contributed by atoms with Gasteiger partial charge in [0.05, 0.1) is 0 Å². The van der Waals surface area contributed by atoms with Gasteiger partial charge in [-0.25, -0.2) is 9.97 Å². The van der Waals surface area contributed by atoms with Crippen LogP contribution in [0, 0.1) is 11.8 Å². The molecule has 1 aliphatic carbocycles. The van der Waals surface area contributed by atoms with Gasteiger partial charge in [-0.3, -0.25) is 0 Å². The summed E-state index contributed by atoms with van der Waals surface area (Å²) < 4.78 is 5.60. The summed E-state index contributed by atoms with van der Waals surface area (Å²) >= 11 is 0. The summed E-state index contributed by atoms with van der Waals surface area (Å²) in [5.74, 6) is 2.97. The van der Waals surface area contributed by atoms with E-state index in [4.69, 9.17) is 9.72 Å². The number of anilines is 1. The zero-order chi connectivity index (χ0) is 13.8. The molecule has 1 aromatic heterocycles. The highest BCUT2D eigenvalue weighted by molar-refractivity contribution is 5.36. The van der Waals surface area contributed by atoms with E-state index < -0.39 is 0 Å². The van der Waals surface area contributed by atoms with E-state index in [-0.39, 0.29) is 6.10 Å². The van der Waals surface area contributed by atoms with Crippen molar-refractivity contribution in [2.45, 2.75) is 46.1 Å². The van der Waals surface area contributed by atoms with Crippen molar-refractivity contribution in [1.82, 2.24) is 9.97 Å². The van der Waals surface area contributed by atoms with Crippen molar-refractivity contribution < 1.29 is 4.74 Å². The quantitative estimate of drug-likeness (QED) is 0.820. The predicted octanol–water partition coefficient (Wildman–Crippen LogP) is 3.20. The Balaban J connectivity index is 2.26. The van der Waals surface area contributed by atoms with Crippen LogP contribution in [0.15, 0.2) is 6.07 Å². The molecule has 0 aromatic carbocycles. The second-order valence-electron chi connectivity index (χ2n) is 5.72. The molecule has 0 spiro atoms. The molecule has 1 aromatic rings. The van der Waals surface area contributed by atoms with Crippen molar-refractivity contribution in [2.75, 3.05) is 19.0 Å². The van der Waals surface area contributed by atoms with Crippen LogP contribution >= 0.6 is 0 Å². The van der Waals surface area contributed by atoms with Crippen molar-refractivity contribution in [1.29, 1.82) is 0 Å². The summed E-state index contributed by atoms with van der Waals surface area (Å²) in [5, 5.41) is 3.29. The number of hydrogen-bond donors (Lipinski definition) is 1. The molecule has 1 unspecified atom stereocenters. The topological polar surface area (TPSA) is 47.0 Å². The molecule has 4 nitrogen and oxygen atoms in total. The molecule has 19 heavy (non-hydrogen) atoms. The van der Waals surface area contributed by atoms with Crippen molar-refractivity contribution in [3.63, 3.8) is 0 Å². The van der Waals surface area contributed by atoms with E-state index in [1.165, 1.54) is 12.8 Å². The number of nitrogens with zero attached hydrogens (tertiary/aromatic N) is 2. The zero-order valence-corrected chi connectivity index (χ0v) is 12.4. The largest absolute Gasteiger partial charge is 0.373 e. The van der Waals surface area contributed by atoms with Crippen LogP contribution in [0.3, 0.4) is 0 Å². The highest BCUT2D eigenvalue weighted by atomic mass is 16.5. The fraction of sp³-hybridized carbons (Fsp3) is 0.733. The number of hydrogen-bond acceptors (Lipinski definition) is 4. The lowest BCUT2D eigenvalue weighted by Gasteiger charge is -2.16. The van der Waals surface area contributed by atoms with E-state index in [0.29, 0.717) is 11.8 Å². The Morgan fingerprint density at radius 1 is 1.37 bits per heavy atom. The normalized spacial score (nSPS) is 16.7. The van der Waals surface area contributed by atoms with Crippen molar-refractivity contribution in [2.24, 2.45) is 11.8 Å². The van der Waals surface area contributed by atoms with Crippen molar-refractivity contribution in [3.05, 3.63) is 17.6 Å². The van der Waals surface area contributed by atoms with Gasteiger partial charge in [0.25, 0.3) is 0 Å². The number of aromatic nitrogens is 2. The third kappa shape index (κ3) is 3.90. The van der Waals surface area contributed by atoms with Crippen LogP contribution < -0.4 is 5.32 Å². The minimum atomic E-state index is 0.0597. The molecule has 0 aliphatic heterocycles. The van der Waals surface area contributed by atoms with Crippen LogP contribution in [0.4, 0.5) is 5.82 Å². The predicted molar refractivity (Wildman–Crippen MR) is 77.2 cm³/mol. The molecule has 0 bridgehead atoms. The minimum Gasteiger partial charge on any atom is -0.373 e. The van der Waals surface area contributed by atoms with Gasteiger partial charge in [0.15, 0.2) is 5.82 Å². The standard InChI is InChI=1S/C15H25N3O/c1-5-16-13-9-12(8-10(2)3)17-15(18-13)14(19-4)11-6-7-11/h9-11,14H,5-8H2,1-4H3,(H,16,17,18). The molecule has 0 saturated heterocycles. The first-order valence-corrected chi connectivity index (χ1v) is 7.28. The molecule has 1 aliphatic rings. The SMILES string of the molecule is CCNc1cc(CC(C)C)nc(C(OC)C2CC2)n1. The molecular weight excluding hydrogens is 238 g/mol. The lowest BCUT2D eigenvalue weighted by atomic mass is 10.1. The zero-order valence-electron chi connectivity index (χ0n) is 12.4. The summed E-state index contributed by atoms with van der Waals surface area (Å²) in [5.41, 5.74) is 1.11. The van der Waals surface area contributed by atoms with Gasteiger partial charge in [0.1, 0.15) is 11.9 Å². The Kier molecular flexibility index (Phi) is 4.75. The van der Waals surface area contributed by atoms with E-state index in [1.54, 1.807) is 7.11 Å². The van der Waals surface area contributed by atoms with Gasteiger partial charge in [-0.1, -0.05) is 13.8 Å². The third-order valence-corrected chi connectivity index (χ3v) is 3.33. The molecule has 1 atom stereocenters. The Labute approximate surface area is 116 Å². The number of methoxy groups -OCH3 is 1. The second-order valence-corrected chi connectivity index (χ2v) is 5.72. The fourth-order valence-corrected chi connectivity index (χ4v) is 2.35. The summed E-state index contributed by atoms with van der Waals surface area (Å²) in [7, 11) is 1.76. The first-order valence-electron chi connectivity index (χ1n) is 7.28. The molecule has 2 rings (SSSR count). The summed E-state index contributed by atoms with van der Waals surface area (Å²) in [4.78, 5) is 9.33. The molecule has 4 heteroatoms. The van der Waals surface area contributed by atoms with Crippen molar-refractivity contribution in [3.8, 4) is 0 Å². The van der Waals surface area contributed by atoms with E-state index in [1.807, 2.05) is 0 Å². The van der Waals surface area contributed by atoms with Gasteiger partial charge < -0.3 is 10.1 Å². The summed E-state index contributed by atoms with van der Waals surface area (Å²) in [6.45, 7) is 7.38. The van der Waals surface area contributed by atoms with Crippen LogP contribution in [-0.4, -0.2) is 23.6 Å². The molecule has 1 heterocycles. The number of ether oxygens (including phenoxy) is 1. The Morgan fingerprint density at radius 2 is 2.11 bits per heavy atom. The van der Waals surface area contributed by atoms with Crippen molar-refractivity contribution >= 4 is 5.82 Å². The highest BCUT2D eigenvalue weighted by Crippen LogP contribution is 2.42. The number of rotatable bonds is 7. The smallest absolute Gasteiger partial charge is 0.159 e. The minimum absolute atomic E-state index is 0.0597. The van der Waals surface area contributed by atoms with E-state index in [9.17, 15) is 0 Å². The van der Waals surface area contributed by atoms with Gasteiger partial charge in [0.2, 0.25) is 0 Å². The van der Waals surface area contributed by atoms with Gasteiger partial charge in [-0.15, -0.1) is 0 Å². The van der Waals surface area contributed by atoms with Gasteiger partial charge in [-0.2, -0.15) is 0 Å². The van der Waals surface area contributed by atoms with E-state index in [2.05, 4.69) is 37.1 Å². The first kappa shape index (κ1) is 14.3. The van der Waals surface area contributed by atoms with Crippen LogP contribution in [0.25, 0.3) is 0 Å². The van der Waals surface area contributed by atoms with Crippen LogP contribution in [0.2, 0.25) is 0 Å². The Bertz CT molecular complexity index is 416. The Hall–Kier alpha value is -1.16. The lowest BCUT2D eigenvalue weighted by molar-refractivity contribution is 0.0771. The van der Waals surface area contributed by atoms with E-state index >= 15 is 0 Å². The van der Waals surface area contributed by atoms with Crippen LogP contribution in [0.5, 0.6) is 0 Å². The third-order valence-electron chi connectivity index (χ3n) is 3.33. The molecular formula is C15H25N3O. The molecule has 1 saturated carbocycles. The Morgan fingerprint density at radius 3 is 2.63 bits per heavy atom. The lowest BCUT2D eigenvalue weighted by Crippen LogP contribution is -2.13. The number of nitrogens with one attached hydrogen (secondary N) is 1. The molecule has 0 radical (unpaired) electrons. The van der Waals surface area contributed by atoms with E-state index in [0.717, 1.165) is 30.3 Å². The summed E-state index contributed by atoms with van der Waals surface area (Å²) in [6, 6.07) is 2.06. The molecule has 1 fully saturated rings. The van der Waals surface area contributed by atoms with Gasteiger partial charge >= 0.3 is 0 Å². The average Bonchev–Trinajstić information content (AvgIpc) is 3.13. The van der Waals surface area contributed by atoms with Crippen LogP contribution in [-0.2, 0) is 11.2 Å². The maximum Gasteiger partial charge on any atom is 0.159 e. The molecule has 0 amide bonds. The summed E-state index contributed by atoms with van der Waals surface area (Å²) in [6.07, 6.45) is 3.50. The average molecular weight is 263 g/mol. The maximum atomic E-state index is 5.60.